The van der Waals surface area contributed by atoms with Gasteiger partial charge in [-0.2, -0.15) is 0 Å². The first kappa shape index (κ1) is 12.0. The lowest BCUT2D eigenvalue weighted by molar-refractivity contribution is 0.435. The molecule has 0 N–H and O–H groups in total. The summed E-state index contributed by atoms with van der Waals surface area (Å²) in [5.41, 5.74) is 0.991. The van der Waals surface area contributed by atoms with Crippen molar-refractivity contribution in [3.63, 3.8) is 0 Å². The van der Waals surface area contributed by atoms with Crippen LogP contribution in [-0.2, 0) is 0 Å². The van der Waals surface area contributed by atoms with E-state index in [0.29, 0.717) is 10.2 Å². The predicted octanol–water partition coefficient (Wildman–Crippen LogP) is 4.83. The summed E-state index contributed by atoms with van der Waals surface area (Å²) in [6.45, 7) is 1.90. The first-order valence-corrected chi connectivity index (χ1v) is 5.74. The average molecular weight is 299 g/mol. The molecule has 0 saturated carbocycles. The lowest BCUT2D eigenvalue weighted by atomic mass is 10.2. The van der Waals surface area contributed by atoms with Gasteiger partial charge < -0.3 is 4.74 Å². The Morgan fingerprint density at radius 1 is 1.00 bits per heavy atom. The topological polar surface area (TPSA) is 9.23 Å². The van der Waals surface area contributed by atoms with Crippen molar-refractivity contribution in [3.8, 4) is 11.5 Å². The van der Waals surface area contributed by atoms with E-state index in [1.54, 1.807) is 6.07 Å². The highest BCUT2D eigenvalue weighted by atomic mass is 79.9. The lowest BCUT2D eigenvalue weighted by Crippen LogP contribution is -1.90. The zero-order chi connectivity index (χ0) is 12.4. The maximum atomic E-state index is 13.4. The molecule has 0 bridgehead atoms. The van der Waals surface area contributed by atoms with Crippen LogP contribution in [0.15, 0.2) is 40.9 Å². The van der Waals surface area contributed by atoms with Crippen LogP contribution in [0.25, 0.3) is 0 Å². The molecular weight excluding hydrogens is 290 g/mol. The quantitative estimate of drug-likeness (QED) is 0.772. The third-order valence-electron chi connectivity index (χ3n) is 2.20. The summed E-state index contributed by atoms with van der Waals surface area (Å²) in [6, 6.07) is 8.69. The molecule has 0 unspecified atom stereocenters. The average Bonchev–Trinajstić information content (AvgIpc) is 2.27. The second-order valence-corrected chi connectivity index (χ2v) is 4.47. The first-order chi connectivity index (χ1) is 8.06. The van der Waals surface area contributed by atoms with E-state index < -0.39 is 11.6 Å². The largest absolute Gasteiger partial charge is 0.453 e. The van der Waals surface area contributed by atoms with Gasteiger partial charge in [0.05, 0.1) is 4.47 Å². The molecule has 1 nitrogen and oxygen atoms in total. The molecule has 88 valence electrons. The maximum absolute atomic E-state index is 13.4. The van der Waals surface area contributed by atoms with Gasteiger partial charge in [0, 0.05) is 6.07 Å². The molecule has 2 rings (SSSR count). The predicted molar refractivity (Wildman–Crippen MR) is 65.3 cm³/mol. The number of hydrogen-bond acceptors (Lipinski definition) is 1. The summed E-state index contributed by atoms with van der Waals surface area (Å²) in [5.74, 6) is -0.857. The van der Waals surface area contributed by atoms with E-state index in [4.69, 9.17) is 4.74 Å². The Kier molecular flexibility index (Phi) is 3.43. The summed E-state index contributed by atoms with van der Waals surface area (Å²) in [4.78, 5) is 0. The van der Waals surface area contributed by atoms with E-state index in [0.717, 1.165) is 17.7 Å². The minimum Gasteiger partial charge on any atom is -0.453 e. The molecule has 0 aliphatic carbocycles. The molecule has 0 spiro atoms. The minimum atomic E-state index is -0.724. The Morgan fingerprint density at radius 2 is 1.76 bits per heavy atom. The molecule has 0 heterocycles. The smallest absolute Gasteiger partial charge is 0.168 e. The van der Waals surface area contributed by atoms with Gasteiger partial charge in [-0.05, 0) is 52.7 Å². The van der Waals surface area contributed by atoms with E-state index in [-0.39, 0.29) is 5.75 Å². The molecule has 0 saturated heterocycles. The molecule has 17 heavy (non-hydrogen) atoms. The standard InChI is InChI=1S/C13H9BrF2O/c1-8-2-4-10(14)13(6-8)17-12-5-3-9(15)7-11(12)16/h2-7H,1H3. The zero-order valence-corrected chi connectivity index (χ0v) is 10.6. The van der Waals surface area contributed by atoms with Crippen molar-refractivity contribution < 1.29 is 13.5 Å². The van der Waals surface area contributed by atoms with E-state index in [9.17, 15) is 8.78 Å². The number of hydrogen-bond donors (Lipinski definition) is 0. The van der Waals surface area contributed by atoms with Crippen LogP contribution in [0.3, 0.4) is 0 Å². The Bertz CT molecular complexity index is 555. The van der Waals surface area contributed by atoms with Crippen LogP contribution < -0.4 is 4.74 Å². The molecule has 0 aliphatic rings. The number of ether oxygens (including phenoxy) is 1. The molecule has 0 atom stereocenters. The van der Waals surface area contributed by atoms with Crippen molar-refractivity contribution in [1.82, 2.24) is 0 Å². The van der Waals surface area contributed by atoms with Crippen molar-refractivity contribution in [1.29, 1.82) is 0 Å². The highest BCUT2D eigenvalue weighted by Gasteiger charge is 2.08. The van der Waals surface area contributed by atoms with Gasteiger partial charge in [0.15, 0.2) is 11.6 Å². The second-order valence-electron chi connectivity index (χ2n) is 3.61. The fourth-order valence-electron chi connectivity index (χ4n) is 1.37. The van der Waals surface area contributed by atoms with Crippen LogP contribution in [0, 0.1) is 18.6 Å². The molecule has 0 fully saturated rings. The van der Waals surface area contributed by atoms with E-state index in [2.05, 4.69) is 15.9 Å². The minimum absolute atomic E-state index is 0.00213. The van der Waals surface area contributed by atoms with Crippen molar-refractivity contribution in [2.24, 2.45) is 0 Å². The number of aryl methyl sites for hydroxylation is 1. The van der Waals surface area contributed by atoms with Crippen LogP contribution in [0.1, 0.15) is 5.56 Å². The van der Waals surface area contributed by atoms with Gasteiger partial charge in [-0.3, -0.25) is 0 Å². The van der Waals surface area contributed by atoms with Crippen molar-refractivity contribution in [2.75, 3.05) is 0 Å². The van der Waals surface area contributed by atoms with E-state index >= 15 is 0 Å². The fraction of sp³-hybridized carbons (Fsp3) is 0.0769. The van der Waals surface area contributed by atoms with Gasteiger partial charge in [-0.1, -0.05) is 6.07 Å². The molecule has 4 heteroatoms. The van der Waals surface area contributed by atoms with Crippen LogP contribution in [0.2, 0.25) is 0 Å². The Hall–Kier alpha value is -1.42. The van der Waals surface area contributed by atoms with Gasteiger partial charge in [-0.25, -0.2) is 8.78 Å². The highest BCUT2D eigenvalue weighted by Crippen LogP contribution is 2.31. The summed E-state index contributed by atoms with van der Waals surface area (Å²) in [7, 11) is 0. The van der Waals surface area contributed by atoms with Gasteiger partial charge in [0.25, 0.3) is 0 Å². The fourth-order valence-corrected chi connectivity index (χ4v) is 1.69. The zero-order valence-electron chi connectivity index (χ0n) is 9.01. The van der Waals surface area contributed by atoms with Gasteiger partial charge in [0.2, 0.25) is 0 Å². The molecular formula is C13H9BrF2O. The molecule has 0 aliphatic heterocycles. The van der Waals surface area contributed by atoms with E-state index in [1.165, 1.54) is 6.07 Å². The third-order valence-corrected chi connectivity index (χ3v) is 2.86. The molecule has 2 aromatic rings. The third kappa shape index (κ3) is 2.82. The van der Waals surface area contributed by atoms with E-state index in [1.807, 2.05) is 19.1 Å². The SMILES string of the molecule is Cc1ccc(Br)c(Oc2ccc(F)cc2F)c1. The van der Waals surface area contributed by atoms with Crippen LogP contribution in [0.5, 0.6) is 11.5 Å². The molecule has 0 aromatic heterocycles. The molecule has 0 amide bonds. The number of halogens is 3. The normalized spacial score (nSPS) is 10.4. The van der Waals surface area contributed by atoms with Gasteiger partial charge >= 0.3 is 0 Å². The Labute approximate surface area is 106 Å². The summed E-state index contributed by atoms with van der Waals surface area (Å²) < 4.78 is 32.2. The number of rotatable bonds is 2. The van der Waals surface area contributed by atoms with Crippen molar-refractivity contribution >= 4 is 15.9 Å². The van der Waals surface area contributed by atoms with Gasteiger partial charge in [0.1, 0.15) is 11.6 Å². The highest BCUT2D eigenvalue weighted by molar-refractivity contribution is 9.10. The monoisotopic (exact) mass is 298 g/mol. The Balaban J connectivity index is 2.34. The molecule has 0 radical (unpaired) electrons. The second kappa shape index (κ2) is 4.84. The van der Waals surface area contributed by atoms with Crippen LogP contribution in [0.4, 0.5) is 8.78 Å². The maximum Gasteiger partial charge on any atom is 0.168 e. The lowest BCUT2D eigenvalue weighted by Gasteiger charge is -2.09. The first-order valence-electron chi connectivity index (χ1n) is 4.95. The Morgan fingerprint density at radius 3 is 2.47 bits per heavy atom. The van der Waals surface area contributed by atoms with Crippen LogP contribution >= 0.6 is 15.9 Å². The summed E-state index contributed by atoms with van der Waals surface area (Å²) in [6.07, 6.45) is 0. The van der Waals surface area contributed by atoms with Crippen LogP contribution in [-0.4, -0.2) is 0 Å². The summed E-state index contributed by atoms with van der Waals surface area (Å²) >= 11 is 3.31. The van der Waals surface area contributed by atoms with Crippen molar-refractivity contribution in [3.05, 3.63) is 58.1 Å². The molecule has 2 aromatic carbocycles. The summed E-state index contributed by atoms with van der Waals surface area (Å²) in [5, 5.41) is 0. The number of benzene rings is 2. The van der Waals surface area contributed by atoms with Gasteiger partial charge in [-0.15, -0.1) is 0 Å². The van der Waals surface area contributed by atoms with Crippen molar-refractivity contribution in [2.45, 2.75) is 6.92 Å².